The second-order valence-electron chi connectivity index (χ2n) is 9.93. The first-order chi connectivity index (χ1) is 17.1. The third-order valence-electron chi connectivity index (χ3n) is 6.49. The van der Waals surface area contributed by atoms with Gasteiger partial charge in [-0.3, -0.25) is 9.98 Å². The molecule has 1 aliphatic rings. The maximum atomic E-state index is 13.4. The maximum absolute atomic E-state index is 13.4. The number of nitrogens with zero attached hydrogens (tertiary/aromatic N) is 2. The first-order valence-corrected chi connectivity index (χ1v) is 12.0. The number of aliphatic imine (C=N–C) groups is 2. The van der Waals surface area contributed by atoms with Crippen molar-refractivity contribution in [2.24, 2.45) is 9.98 Å². The lowest BCUT2D eigenvalue weighted by Gasteiger charge is -2.17. The number of halogens is 6. The molecule has 2 N–H and O–H groups in total. The number of alkyl halides is 6. The summed E-state index contributed by atoms with van der Waals surface area (Å²) in [4.78, 5) is 8.78. The predicted octanol–water partition coefficient (Wildman–Crippen LogP) is 7.84. The predicted molar refractivity (Wildman–Crippen MR) is 131 cm³/mol. The van der Waals surface area contributed by atoms with Gasteiger partial charge in [-0.1, -0.05) is 27.7 Å². The Morgan fingerprint density at radius 1 is 0.703 bits per heavy atom. The van der Waals surface area contributed by atoms with E-state index in [0.717, 1.165) is 24.3 Å². The van der Waals surface area contributed by atoms with Crippen molar-refractivity contribution in [2.75, 3.05) is 0 Å². The largest absolute Gasteiger partial charge is 0.507 e. The Morgan fingerprint density at radius 2 is 1.05 bits per heavy atom. The van der Waals surface area contributed by atoms with Gasteiger partial charge in [0, 0.05) is 23.6 Å². The first-order valence-electron chi connectivity index (χ1n) is 12.0. The number of hydrogen-bond acceptors (Lipinski definition) is 4. The number of hydrogen-bond donors (Lipinski definition) is 2. The second-order valence-corrected chi connectivity index (χ2v) is 9.93. The molecule has 0 aliphatic heterocycles. The molecule has 2 atom stereocenters. The van der Waals surface area contributed by atoms with Gasteiger partial charge in [0.25, 0.3) is 0 Å². The highest BCUT2D eigenvalue weighted by Crippen LogP contribution is 2.38. The van der Waals surface area contributed by atoms with Gasteiger partial charge in [0.2, 0.25) is 0 Å². The maximum Gasteiger partial charge on any atom is 0.416 e. The summed E-state index contributed by atoms with van der Waals surface area (Å²) in [5.74, 6) is -1.26. The van der Waals surface area contributed by atoms with Crippen LogP contribution in [0.25, 0.3) is 0 Å². The topological polar surface area (TPSA) is 65.2 Å². The zero-order valence-electron chi connectivity index (χ0n) is 21.0. The molecule has 1 saturated carbocycles. The lowest BCUT2D eigenvalue weighted by molar-refractivity contribution is -0.138. The molecule has 2 unspecified atom stereocenters. The molecule has 37 heavy (non-hydrogen) atoms. The smallest absolute Gasteiger partial charge is 0.416 e. The molecule has 3 rings (SSSR count). The normalized spacial score (nSPS) is 19.2. The minimum atomic E-state index is -4.60. The van der Waals surface area contributed by atoms with Crippen LogP contribution in [0, 0.1) is 0 Å². The zero-order chi connectivity index (χ0) is 27.7. The summed E-state index contributed by atoms with van der Waals surface area (Å²) in [5.41, 5.74) is -1.61. The molecule has 0 amide bonds. The molecule has 0 heterocycles. The molecule has 202 valence electrons. The van der Waals surface area contributed by atoms with Crippen molar-refractivity contribution in [3.63, 3.8) is 0 Å². The van der Waals surface area contributed by atoms with Gasteiger partial charge >= 0.3 is 12.4 Å². The molecule has 10 heteroatoms. The van der Waals surface area contributed by atoms with Crippen molar-refractivity contribution in [3.8, 4) is 11.5 Å². The van der Waals surface area contributed by atoms with Crippen molar-refractivity contribution in [1.82, 2.24) is 0 Å². The molecular formula is C27H30F6N2O2. The molecule has 1 fully saturated rings. The minimum absolute atomic E-state index is 0.0646. The van der Waals surface area contributed by atoms with E-state index in [4.69, 9.17) is 0 Å². The van der Waals surface area contributed by atoms with Gasteiger partial charge in [-0.05, 0) is 66.5 Å². The van der Waals surface area contributed by atoms with Crippen LogP contribution < -0.4 is 0 Å². The Bertz CT molecular complexity index is 1090. The SMILES string of the molecule is CC(C)c1cc(C(F)(F)F)cc(C=NC2CCCC2N=Cc2cc(C(F)(F)F)cc(C(C)C)c2O)c1O. The first kappa shape index (κ1) is 28.5. The lowest BCUT2D eigenvalue weighted by atomic mass is 9.96. The molecule has 0 spiro atoms. The third-order valence-corrected chi connectivity index (χ3v) is 6.49. The van der Waals surface area contributed by atoms with Gasteiger partial charge in [-0.2, -0.15) is 26.3 Å². The molecule has 4 nitrogen and oxygen atoms in total. The average molecular weight is 529 g/mol. The van der Waals surface area contributed by atoms with Crippen LogP contribution in [0.3, 0.4) is 0 Å². The highest BCUT2D eigenvalue weighted by Gasteiger charge is 2.34. The van der Waals surface area contributed by atoms with Gasteiger partial charge in [0.15, 0.2) is 0 Å². The van der Waals surface area contributed by atoms with Crippen LogP contribution >= 0.6 is 0 Å². The average Bonchev–Trinajstić information content (AvgIpc) is 3.23. The summed E-state index contributed by atoms with van der Waals surface area (Å²) < 4.78 is 80.3. The summed E-state index contributed by atoms with van der Waals surface area (Å²) in [6.07, 6.45) is -4.94. The van der Waals surface area contributed by atoms with Crippen molar-refractivity contribution in [2.45, 2.75) is 83.2 Å². The summed E-state index contributed by atoms with van der Waals surface area (Å²) >= 11 is 0. The van der Waals surface area contributed by atoms with E-state index in [-0.39, 0.29) is 45.6 Å². The zero-order valence-corrected chi connectivity index (χ0v) is 21.0. The van der Waals surface area contributed by atoms with E-state index in [0.29, 0.717) is 19.3 Å². The highest BCUT2D eigenvalue weighted by atomic mass is 19.4. The number of phenols is 2. The number of aromatic hydroxyl groups is 2. The van der Waals surface area contributed by atoms with Gasteiger partial charge in [-0.15, -0.1) is 0 Å². The number of rotatable bonds is 6. The van der Waals surface area contributed by atoms with Crippen molar-refractivity contribution in [3.05, 3.63) is 57.6 Å². The van der Waals surface area contributed by atoms with E-state index in [9.17, 15) is 36.6 Å². The fraction of sp³-hybridized carbons (Fsp3) is 0.481. The van der Waals surface area contributed by atoms with E-state index in [1.54, 1.807) is 27.7 Å². The molecule has 0 saturated heterocycles. The summed E-state index contributed by atoms with van der Waals surface area (Å²) in [5, 5.41) is 21.1. The van der Waals surface area contributed by atoms with E-state index in [1.165, 1.54) is 12.4 Å². The second kappa shape index (κ2) is 10.8. The Labute approximate surface area is 211 Å². The monoisotopic (exact) mass is 528 g/mol. The number of phenolic OH excluding ortho intramolecular Hbond substituents is 2. The van der Waals surface area contributed by atoms with E-state index >= 15 is 0 Å². The molecule has 1 aliphatic carbocycles. The standard InChI is InChI=1S/C27H30F6N2O2/c1-14(2)20-10-18(26(28,29)30)8-16(24(20)36)12-34-22-6-5-7-23(22)35-13-17-9-19(27(31,32)33)11-21(15(3)4)25(17)37/h8-15,22-23,36-37H,5-7H2,1-4H3. The Morgan fingerprint density at radius 3 is 1.35 bits per heavy atom. The Balaban J connectivity index is 1.92. The van der Waals surface area contributed by atoms with Crippen LogP contribution in [0.4, 0.5) is 26.3 Å². The van der Waals surface area contributed by atoms with Gasteiger partial charge in [0.1, 0.15) is 11.5 Å². The quantitative estimate of drug-likeness (QED) is 0.296. The van der Waals surface area contributed by atoms with E-state index in [2.05, 4.69) is 9.98 Å². The van der Waals surface area contributed by atoms with Crippen LogP contribution in [0.1, 0.15) is 92.2 Å². The van der Waals surface area contributed by atoms with Crippen LogP contribution in [-0.4, -0.2) is 34.7 Å². The molecule has 0 aromatic heterocycles. The summed E-state index contributed by atoms with van der Waals surface area (Å²) in [6, 6.07) is 2.65. The molecule has 0 bridgehead atoms. The fourth-order valence-electron chi connectivity index (χ4n) is 4.39. The number of benzene rings is 2. The van der Waals surface area contributed by atoms with Gasteiger partial charge in [0.05, 0.1) is 23.2 Å². The highest BCUT2D eigenvalue weighted by molar-refractivity contribution is 5.86. The van der Waals surface area contributed by atoms with Crippen LogP contribution in [0.5, 0.6) is 11.5 Å². The molecule has 2 aromatic rings. The van der Waals surface area contributed by atoms with Crippen molar-refractivity contribution < 1.29 is 36.6 Å². The lowest BCUT2D eigenvalue weighted by Crippen LogP contribution is -2.16. The Hall–Kier alpha value is -3.04. The van der Waals surface area contributed by atoms with Gasteiger partial charge in [-0.25, -0.2) is 0 Å². The van der Waals surface area contributed by atoms with E-state index < -0.39 is 35.6 Å². The summed E-state index contributed by atoms with van der Waals surface area (Å²) in [7, 11) is 0. The fourth-order valence-corrected chi connectivity index (χ4v) is 4.39. The molecule has 0 radical (unpaired) electrons. The van der Waals surface area contributed by atoms with Crippen LogP contribution in [0.2, 0.25) is 0 Å². The van der Waals surface area contributed by atoms with Crippen molar-refractivity contribution >= 4 is 12.4 Å². The van der Waals surface area contributed by atoms with Crippen LogP contribution in [0.15, 0.2) is 34.3 Å². The molecular weight excluding hydrogens is 498 g/mol. The van der Waals surface area contributed by atoms with Crippen LogP contribution in [-0.2, 0) is 12.4 Å². The molecule has 2 aromatic carbocycles. The Kier molecular flexibility index (Phi) is 8.29. The summed E-state index contributed by atoms with van der Waals surface area (Å²) in [6.45, 7) is 6.69. The minimum Gasteiger partial charge on any atom is -0.507 e. The van der Waals surface area contributed by atoms with Gasteiger partial charge < -0.3 is 10.2 Å². The van der Waals surface area contributed by atoms with E-state index in [1.807, 2.05) is 0 Å². The van der Waals surface area contributed by atoms with Crippen molar-refractivity contribution in [1.29, 1.82) is 0 Å². The third kappa shape index (κ3) is 6.64.